The highest BCUT2D eigenvalue weighted by molar-refractivity contribution is 6.00. The Balaban J connectivity index is 1.96. The second kappa shape index (κ2) is 4.93. The fourth-order valence-electron chi connectivity index (χ4n) is 2.34. The molecular formula is C17H16N2O. The smallest absolute Gasteiger partial charge is 0.182 e. The van der Waals surface area contributed by atoms with Crippen molar-refractivity contribution >= 4 is 16.6 Å². The molecule has 0 aliphatic carbocycles. The summed E-state index contributed by atoms with van der Waals surface area (Å²) in [4.78, 5) is 16.2. The topological polar surface area (TPSA) is 34.9 Å². The van der Waals surface area contributed by atoms with Crippen molar-refractivity contribution in [3.8, 4) is 0 Å². The van der Waals surface area contributed by atoms with E-state index in [2.05, 4.69) is 31.0 Å². The Hall–Kier alpha value is -2.42. The van der Waals surface area contributed by atoms with Gasteiger partial charge < -0.3 is 4.57 Å². The fraction of sp³-hybridized carbons (Fsp3) is 0.176. The monoisotopic (exact) mass is 264 g/mol. The van der Waals surface area contributed by atoms with Crippen molar-refractivity contribution in [2.45, 2.75) is 20.4 Å². The normalized spacial score (nSPS) is 10.9. The summed E-state index contributed by atoms with van der Waals surface area (Å²) in [6, 6.07) is 10.2. The maximum absolute atomic E-state index is 12.3. The van der Waals surface area contributed by atoms with Gasteiger partial charge >= 0.3 is 0 Å². The Morgan fingerprint density at radius 3 is 2.55 bits per heavy atom. The molecule has 20 heavy (non-hydrogen) atoms. The Morgan fingerprint density at radius 1 is 1.10 bits per heavy atom. The number of imidazole rings is 1. The van der Waals surface area contributed by atoms with Gasteiger partial charge in [-0.2, -0.15) is 0 Å². The number of Topliss-reactive ketones (excluding diaryl/α,β-unsaturated/α-hetero) is 1. The van der Waals surface area contributed by atoms with Gasteiger partial charge in [0.1, 0.15) is 0 Å². The second-order valence-corrected chi connectivity index (χ2v) is 5.16. The molecule has 0 spiro atoms. The zero-order chi connectivity index (χ0) is 14.1. The first kappa shape index (κ1) is 12.6. The molecule has 3 rings (SSSR count). The molecule has 2 aromatic carbocycles. The third-order valence-corrected chi connectivity index (χ3v) is 3.66. The molecule has 3 nitrogen and oxygen atoms in total. The van der Waals surface area contributed by atoms with E-state index in [1.54, 1.807) is 23.3 Å². The molecule has 100 valence electrons. The standard InChI is InChI=1S/C17H16N2O/c1-12-7-14-3-4-15(9-16(14)8-13(12)2)17(20)10-19-6-5-18-11-19/h3-9,11H,10H2,1-2H3. The van der Waals surface area contributed by atoms with Crippen LogP contribution in [0.1, 0.15) is 21.5 Å². The molecule has 3 heteroatoms. The first-order valence-electron chi connectivity index (χ1n) is 6.63. The number of aryl methyl sites for hydroxylation is 2. The van der Waals surface area contributed by atoms with Crippen LogP contribution < -0.4 is 0 Å². The number of benzene rings is 2. The molecular weight excluding hydrogens is 248 g/mol. The summed E-state index contributed by atoms with van der Waals surface area (Å²) in [5.74, 6) is 0.100. The van der Waals surface area contributed by atoms with Gasteiger partial charge in [-0.15, -0.1) is 0 Å². The van der Waals surface area contributed by atoms with Crippen molar-refractivity contribution in [2.24, 2.45) is 0 Å². The molecule has 0 aliphatic heterocycles. The van der Waals surface area contributed by atoms with Gasteiger partial charge in [-0.3, -0.25) is 4.79 Å². The van der Waals surface area contributed by atoms with Crippen LogP contribution in [0.5, 0.6) is 0 Å². The number of nitrogens with zero attached hydrogens (tertiary/aromatic N) is 2. The molecule has 0 saturated carbocycles. The van der Waals surface area contributed by atoms with E-state index < -0.39 is 0 Å². The minimum Gasteiger partial charge on any atom is -0.330 e. The van der Waals surface area contributed by atoms with Crippen molar-refractivity contribution < 1.29 is 4.79 Å². The van der Waals surface area contributed by atoms with E-state index in [4.69, 9.17) is 0 Å². The summed E-state index contributed by atoms with van der Waals surface area (Å²) < 4.78 is 1.78. The van der Waals surface area contributed by atoms with E-state index in [-0.39, 0.29) is 5.78 Å². The summed E-state index contributed by atoms with van der Waals surface area (Å²) in [5, 5.41) is 2.29. The minimum atomic E-state index is 0.100. The van der Waals surface area contributed by atoms with Crippen LogP contribution in [0.2, 0.25) is 0 Å². The van der Waals surface area contributed by atoms with Crippen LogP contribution in [0.3, 0.4) is 0 Å². The Bertz CT molecular complexity index is 773. The highest BCUT2D eigenvalue weighted by Gasteiger charge is 2.08. The SMILES string of the molecule is Cc1cc2ccc(C(=O)Cn3ccnc3)cc2cc1C. The van der Waals surface area contributed by atoms with E-state index in [0.29, 0.717) is 6.54 Å². The van der Waals surface area contributed by atoms with Crippen LogP contribution in [0, 0.1) is 13.8 Å². The molecule has 0 N–H and O–H groups in total. The van der Waals surface area contributed by atoms with Gasteiger partial charge in [0.05, 0.1) is 12.9 Å². The number of hydrogen-bond acceptors (Lipinski definition) is 2. The van der Waals surface area contributed by atoms with Gasteiger partial charge in [0, 0.05) is 18.0 Å². The first-order chi connectivity index (χ1) is 9.63. The van der Waals surface area contributed by atoms with Gasteiger partial charge in [-0.25, -0.2) is 4.98 Å². The van der Waals surface area contributed by atoms with Crippen molar-refractivity contribution in [3.63, 3.8) is 0 Å². The van der Waals surface area contributed by atoms with Crippen LogP contribution in [0.25, 0.3) is 10.8 Å². The van der Waals surface area contributed by atoms with E-state index in [1.165, 1.54) is 16.5 Å². The van der Waals surface area contributed by atoms with Crippen LogP contribution in [0.4, 0.5) is 0 Å². The Kier molecular flexibility index (Phi) is 3.11. The van der Waals surface area contributed by atoms with Crippen LogP contribution in [-0.2, 0) is 6.54 Å². The fourth-order valence-corrected chi connectivity index (χ4v) is 2.34. The minimum absolute atomic E-state index is 0.100. The number of hydrogen-bond donors (Lipinski definition) is 0. The zero-order valence-electron chi connectivity index (χ0n) is 11.6. The summed E-state index contributed by atoms with van der Waals surface area (Å²) in [6.07, 6.45) is 5.14. The number of carbonyl (C=O) groups is 1. The molecule has 3 aromatic rings. The summed E-state index contributed by atoms with van der Waals surface area (Å²) in [7, 11) is 0. The molecule has 0 amide bonds. The lowest BCUT2D eigenvalue weighted by molar-refractivity contribution is 0.0972. The third-order valence-electron chi connectivity index (χ3n) is 3.66. The largest absolute Gasteiger partial charge is 0.330 e. The molecule has 0 fully saturated rings. The highest BCUT2D eigenvalue weighted by Crippen LogP contribution is 2.21. The van der Waals surface area contributed by atoms with Gasteiger partial charge in [0.15, 0.2) is 5.78 Å². The molecule has 0 bridgehead atoms. The zero-order valence-corrected chi connectivity index (χ0v) is 11.6. The average Bonchev–Trinajstić information content (AvgIpc) is 2.92. The van der Waals surface area contributed by atoms with Crippen molar-refractivity contribution in [1.29, 1.82) is 0 Å². The number of rotatable bonds is 3. The van der Waals surface area contributed by atoms with E-state index in [9.17, 15) is 4.79 Å². The number of fused-ring (bicyclic) bond motifs is 1. The third kappa shape index (κ3) is 2.35. The maximum atomic E-state index is 12.3. The van der Waals surface area contributed by atoms with Gasteiger partial charge in [-0.05, 0) is 41.8 Å². The number of aromatic nitrogens is 2. The number of ketones is 1. The van der Waals surface area contributed by atoms with Gasteiger partial charge in [-0.1, -0.05) is 24.3 Å². The summed E-state index contributed by atoms with van der Waals surface area (Å²) in [6.45, 7) is 4.53. The lowest BCUT2D eigenvalue weighted by Crippen LogP contribution is -2.08. The maximum Gasteiger partial charge on any atom is 0.182 e. The lowest BCUT2D eigenvalue weighted by atomic mass is 9.99. The van der Waals surface area contributed by atoms with Crippen LogP contribution >= 0.6 is 0 Å². The molecule has 0 atom stereocenters. The predicted molar refractivity (Wildman–Crippen MR) is 80.0 cm³/mol. The molecule has 0 radical (unpaired) electrons. The molecule has 1 aromatic heterocycles. The van der Waals surface area contributed by atoms with Crippen molar-refractivity contribution in [1.82, 2.24) is 9.55 Å². The van der Waals surface area contributed by atoms with Crippen molar-refractivity contribution in [3.05, 3.63) is 65.7 Å². The quantitative estimate of drug-likeness (QED) is 0.678. The Labute approximate surface area is 117 Å². The van der Waals surface area contributed by atoms with Crippen LogP contribution in [0.15, 0.2) is 49.1 Å². The molecule has 0 unspecified atom stereocenters. The van der Waals surface area contributed by atoms with E-state index in [1.807, 2.05) is 18.2 Å². The second-order valence-electron chi connectivity index (χ2n) is 5.16. The molecule has 0 saturated heterocycles. The first-order valence-corrected chi connectivity index (χ1v) is 6.63. The summed E-state index contributed by atoms with van der Waals surface area (Å²) >= 11 is 0. The van der Waals surface area contributed by atoms with Gasteiger partial charge in [0.25, 0.3) is 0 Å². The molecule has 1 heterocycles. The Morgan fingerprint density at radius 2 is 1.85 bits per heavy atom. The highest BCUT2D eigenvalue weighted by atomic mass is 16.1. The van der Waals surface area contributed by atoms with Gasteiger partial charge in [0.2, 0.25) is 0 Å². The van der Waals surface area contributed by atoms with E-state index in [0.717, 1.165) is 10.9 Å². The molecule has 0 aliphatic rings. The predicted octanol–water partition coefficient (Wildman–Crippen LogP) is 3.54. The average molecular weight is 264 g/mol. The lowest BCUT2D eigenvalue weighted by Gasteiger charge is -2.07. The number of carbonyl (C=O) groups excluding carboxylic acids is 1. The summed E-state index contributed by atoms with van der Waals surface area (Å²) in [5.41, 5.74) is 3.26. The van der Waals surface area contributed by atoms with Crippen molar-refractivity contribution in [2.75, 3.05) is 0 Å². The van der Waals surface area contributed by atoms with Crippen LogP contribution in [-0.4, -0.2) is 15.3 Å². The van der Waals surface area contributed by atoms with E-state index >= 15 is 0 Å².